The molecule has 0 aromatic heterocycles. The summed E-state index contributed by atoms with van der Waals surface area (Å²) in [5.41, 5.74) is 0. The van der Waals surface area contributed by atoms with Gasteiger partial charge in [0.2, 0.25) is 23.6 Å². The number of imide groups is 2. The zero-order chi connectivity index (χ0) is 32.4. The van der Waals surface area contributed by atoms with Gasteiger partial charge in [0, 0.05) is 25.7 Å². The lowest BCUT2D eigenvalue weighted by molar-refractivity contribution is -0.132. The molecule has 2 aliphatic heterocycles. The van der Waals surface area contributed by atoms with E-state index in [4.69, 9.17) is 0 Å². The van der Waals surface area contributed by atoms with E-state index < -0.39 is 0 Å². The molecular weight excluding hydrogens is 548 g/mol. The molecule has 0 aromatic carbocycles. The monoisotopic (exact) mass is 619 g/mol. The maximum atomic E-state index is 11.6. The van der Waals surface area contributed by atoms with Crippen LogP contribution in [0.4, 0.5) is 0 Å². The molecular formula is C38H70N2O4. The number of amides is 4. The largest absolute Gasteiger partial charge is 0.296 e. The van der Waals surface area contributed by atoms with Crippen molar-refractivity contribution in [2.45, 2.75) is 205 Å². The Bertz CT molecular complexity index is 595. The standard InChI is InChI=1S/2C18H33NO2.C2H4/c2*20-17-15-13-11-9-7-5-3-1-2-4-6-8-10-12-14-16-18(21)19-17;1-2/h2*1-16H2,(H,19,20,21);1-2H2. The molecule has 2 saturated heterocycles. The van der Waals surface area contributed by atoms with E-state index in [1.54, 1.807) is 0 Å². The third-order valence-electron chi connectivity index (χ3n) is 8.67. The highest BCUT2D eigenvalue weighted by molar-refractivity contribution is 5.95. The SMILES string of the molecule is C=C.O=C1CCCCCCCCCCCCCCCCC(=O)N1.O=C1CCCCCCCCCCCCCCCCC(=O)N1. The average Bonchev–Trinajstić information content (AvgIpc) is 3.01. The van der Waals surface area contributed by atoms with E-state index in [0.29, 0.717) is 25.7 Å². The van der Waals surface area contributed by atoms with Crippen LogP contribution in [0.1, 0.15) is 205 Å². The average molecular weight is 619 g/mol. The Morgan fingerprint density at radius 2 is 0.364 bits per heavy atom. The molecule has 0 saturated carbocycles. The van der Waals surface area contributed by atoms with Crippen molar-refractivity contribution in [1.29, 1.82) is 0 Å². The van der Waals surface area contributed by atoms with Crippen molar-refractivity contribution in [2.75, 3.05) is 0 Å². The van der Waals surface area contributed by atoms with E-state index in [9.17, 15) is 19.2 Å². The van der Waals surface area contributed by atoms with E-state index in [2.05, 4.69) is 23.8 Å². The maximum absolute atomic E-state index is 11.6. The molecule has 6 heteroatoms. The van der Waals surface area contributed by atoms with E-state index in [-0.39, 0.29) is 23.6 Å². The number of carbonyl (C=O) groups excluding carboxylic acids is 4. The van der Waals surface area contributed by atoms with Gasteiger partial charge in [-0.3, -0.25) is 29.8 Å². The van der Waals surface area contributed by atoms with Crippen LogP contribution in [0.2, 0.25) is 0 Å². The van der Waals surface area contributed by atoms with Crippen molar-refractivity contribution in [3.8, 4) is 0 Å². The minimum absolute atomic E-state index is 0.0853. The van der Waals surface area contributed by atoms with Gasteiger partial charge in [0.15, 0.2) is 0 Å². The summed E-state index contributed by atoms with van der Waals surface area (Å²) in [4.78, 5) is 46.4. The zero-order valence-corrected chi connectivity index (χ0v) is 28.7. The summed E-state index contributed by atoms with van der Waals surface area (Å²) in [5.74, 6) is -0.341. The quantitative estimate of drug-likeness (QED) is 0.209. The van der Waals surface area contributed by atoms with Gasteiger partial charge in [-0.25, -0.2) is 0 Å². The molecule has 0 aromatic rings. The van der Waals surface area contributed by atoms with Gasteiger partial charge in [0.1, 0.15) is 0 Å². The van der Waals surface area contributed by atoms with Gasteiger partial charge in [-0.1, -0.05) is 154 Å². The van der Waals surface area contributed by atoms with Crippen LogP contribution in [0, 0.1) is 0 Å². The number of hydrogen-bond acceptors (Lipinski definition) is 4. The lowest BCUT2D eigenvalue weighted by atomic mass is 10.0. The first-order valence-corrected chi connectivity index (χ1v) is 18.7. The molecule has 2 aliphatic rings. The Labute approximate surface area is 271 Å². The van der Waals surface area contributed by atoms with Gasteiger partial charge in [0.25, 0.3) is 0 Å². The van der Waals surface area contributed by atoms with Crippen molar-refractivity contribution >= 4 is 23.6 Å². The predicted molar refractivity (Wildman–Crippen MR) is 185 cm³/mol. The fourth-order valence-corrected chi connectivity index (χ4v) is 5.95. The molecule has 0 aliphatic carbocycles. The molecule has 44 heavy (non-hydrogen) atoms. The second-order valence-electron chi connectivity index (χ2n) is 12.8. The highest BCUT2D eigenvalue weighted by atomic mass is 16.2. The molecule has 0 unspecified atom stereocenters. The van der Waals surface area contributed by atoms with E-state index in [1.165, 1.54) is 128 Å². The summed E-state index contributed by atoms with van der Waals surface area (Å²) in [6.45, 7) is 6.00. The number of nitrogens with one attached hydrogen (secondary N) is 2. The predicted octanol–water partition coefficient (Wildman–Crippen LogP) is 10.6. The number of carbonyl (C=O) groups is 4. The van der Waals surface area contributed by atoms with Crippen molar-refractivity contribution in [2.24, 2.45) is 0 Å². The van der Waals surface area contributed by atoms with Crippen LogP contribution in [-0.2, 0) is 19.2 Å². The number of rotatable bonds is 0. The van der Waals surface area contributed by atoms with E-state index >= 15 is 0 Å². The summed E-state index contributed by atoms with van der Waals surface area (Å²) >= 11 is 0. The molecule has 2 rings (SSSR count). The van der Waals surface area contributed by atoms with Crippen LogP contribution in [0.15, 0.2) is 13.2 Å². The lowest BCUT2D eigenvalue weighted by Crippen LogP contribution is -2.29. The topological polar surface area (TPSA) is 92.3 Å². The Kier molecular flexibility index (Phi) is 32.4. The molecule has 6 nitrogen and oxygen atoms in total. The first-order chi connectivity index (χ1) is 21.6. The Morgan fingerprint density at radius 3 is 0.500 bits per heavy atom. The van der Waals surface area contributed by atoms with Crippen LogP contribution in [0.5, 0.6) is 0 Å². The van der Waals surface area contributed by atoms with Gasteiger partial charge in [-0.05, 0) is 25.7 Å². The highest BCUT2D eigenvalue weighted by Gasteiger charge is 2.08. The minimum atomic E-state index is -0.0853. The summed E-state index contributed by atoms with van der Waals surface area (Å²) in [7, 11) is 0. The maximum Gasteiger partial charge on any atom is 0.226 e. The normalized spacial score (nSPS) is 21.7. The first kappa shape index (κ1) is 42.0. The molecule has 256 valence electrons. The minimum Gasteiger partial charge on any atom is -0.296 e. The fraction of sp³-hybridized carbons (Fsp3) is 0.842. The van der Waals surface area contributed by atoms with Crippen LogP contribution < -0.4 is 10.6 Å². The lowest BCUT2D eigenvalue weighted by Gasteiger charge is -2.04. The second-order valence-corrected chi connectivity index (χ2v) is 12.8. The van der Waals surface area contributed by atoms with Gasteiger partial charge < -0.3 is 0 Å². The van der Waals surface area contributed by atoms with Crippen LogP contribution in [0.3, 0.4) is 0 Å². The van der Waals surface area contributed by atoms with Crippen LogP contribution in [-0.4, -0.2) is 23.6 Å². The summed E-state index contributed by atoms with van der Waals surface area (Å²) in [6.07, 6.45) is 36.6. The van der Waals surface area contributed by atoms with Crippen molar-refractivity contribution in [3.05, 3.63) is 13.2 Å². The molecule has 2 heterocycles. The van der Waals surface area contributed by atoms with Crippen molar-refractivity contribution in [1.82, 2.24) is 10.6 Å². The van der Waals surface area contributed by atoms with Gasteiger partial charge in [-0.15, -0.1) is 13.2 Å². The third kappa shape index (κ3) is 31.4. The molecule has 0 bridgehead atoms. The van der Waals surface area contributed by atoms with Crippen LogP contribution >= 0.6 is 0 Å². The number of hydrogen-bond donors (Lipinski definition) is 2. The van der Waals surface area contributed by atoms with E-state index in [1.807, 2.05) is 0 Å². The second kappa shape index (κ2) is 33.9. The highest BCUT2D eigenvalue weighted by Crippen LogP contribution is 2.15. The molecule has 2 fully saturated rings. The van der Waals surface area contributed by atoms with Gasteiger partial charge in [0.05, 0.1) is 0 Å². The van der Waals surface area contributed by atoms with Gasteiger partial charge >= 0.3 is 0 Å². The smallest absolute Gasteiger partial charge is 0.226 e. The van der Waals surface area contributed by atoms with Crippen LogP contribution in [0.25, 0.3) is 0 Å². The Balaban J connectivity index is 0.000000795. The van der Waals surface area contributed by atoms with Gasteiger partial charge in [-0.2, -0.15) is 0 Å². The molecule has 0 atom stereocenters. The molecule has 0 radical (unpaired) electrons. The van der Waals surface area contributed by atoms with Crippen molar-refractivity contribution < 1.29 is 19.2 Å². The Morgan fingerprint density at radius 1 is 0.250 bits per heavy atom. The summed E-state index contributed by atoms with van der Waals surface area (Å²) < 4.78 is 0. The molecule has 0 spiro atoms. The third-order valence-corrected chi connectivity index (χ3v) is 8.67. The molecule has 2 N–H and O–H groups in total. The first-order valence-electron chi connectivity index (χ1n) is 18.7. The summed E-state index contributed by atoms with van der Waals surface area (Å²) in [5, 5.41) is 5.03. The van der Waals surface area contributed by atoms with Crippen molar-refractivity contribution in [3.63, 3.8) is 0 Å². The zero-order valence-electron chi connectivity index (χ0n) is 28.7. The fourth-order valence-electron chi connectivity index (χ4n) is 5.95. The summed E-state index contributed by atoms with van der Waals surface area (Å²) in [6, 6.07) is 0. The molecule has 4 amide bonds. The van der Waals surface area contributed by atoms with E-state index in [0.717, 1.165) is 51.4 Å². The Hall–Kier alpha value is -1.98.